The maximum absolute atomic E-state index is 12.3. The monoisotopic (exact) mass is 346 g/mol. The van der Waals surface area contributed by atoms with E-state index in [4.69, 9.17) is 4.74 Å². The number of ether oxygens (including phenoxy) is 1. The quantitative estimate of drug-likeness (QED) is 0.736. The Morgan fingerprint density at radius 1 is 1.36 bits per heavy atom. The zero-order valence-corrected chi connectivity index (χ0v) is 14.3. The molecule has 8 heteroatoms. The predicted octanol–water partition coefficient (Wildman–Crippen LogP) is 0.0857. The SMILES string of the molecule is CC1(C)NC(=O)N(CC(=O)N[C@H]2COC[C@H]2Cc2ccncc2)C1=O. The number of nitrogens with zero attached hydrogens (tertiary/aromatic N) is 2. The zero-order chi connectivity index (χ0) is 18.0. The minimum absolute atomic E-state index is 0.144. The smallest absolute Gasteiger partial charge is 0.325 e. The number of carbonyl (C=O) groups excluding carboxylic acids is 3. The van der Waals surface area contributed by atoms with Gasteiger partial charge in [0, 0.05) is 18.3 Å². The molecule has 2 fully saturated rings. The first-order valence-corrected chi connectivity index (χ1v) is 8.27. The molecular weight excluding hydrogens is 324 g/mol. The van der Waals surface area contributed by atoms with Crippen molar-refractivity contribution in [2.45, 2.75) is 31.8 Å². The van der Waals surface area contributed by atoms with E-state index in [2.05, 4.69) is 15.6 Å². The van der Waals surface area contributed by atoms with E-state index >= 15 is 0 Å². The lowest BCUT2D eigenvalue weighted by atomic mass is 9.95. The molecule has 2 saturated heterocycles. The van der Waals surface area contributed by atoms with Crippen LogP contribution in [0, 0.1) is 5.92 Å². The number of carbonyl (C=O) groups is 3. The van der Waals surface area contributed by atoms with E-state index in [9.17, 15) is 14.4 Å². The third-order valence-corrected chi connectivity index (χ3v) is 4.54. The van der Waals surface area contributed by atoms with Gasteiger partial charge in [0.15, 0.2) is 0 Å². The summed E-state index contributed by atoms with van der Waals surface area (Å²) in [6, 6.07) is 3.19. The largest absolute Gasteiger partial charge is 0.379 e. The highest BCUT2D eigenvalue weighted by atomic mass is 16.5. The van der Waals surface area contributed by atoms with Gasteiger partial charge in [0.2, 0.25) is 5.91 Å². The Morgan fingerprint density at radius 3 is 2.72 bits per heavy atom. The summed E-state index contributed by atoms with van der Waals surface area (Å²) in [5.74, 6) is -0.619. The van der Waals surface area contributed by atoms with Crippen LogP contribution in [0.5, 0.6) is 0 Å². The fourth-order valence-corrected chi connectivity index (χ4v) is 3.14. The highest BCUT2D eigenvalue weighted by Gasteiger charge is 2.45. The van der Waals surface area contributed by atoms with E-state index in [-0.39, 0.29) is 24.4 Å². The van der Waals surface area contributed by atoms with E-state index in [0.29, 0.717) is 13.2 Å². The van der Waals surface area contributed by atoms with Crippen LogP contribution in [0.15, 0.2) is 24.5 Å². The van der Waals surface area contributed by atoms with Gasteiger partial charge < -0.3 is 15.4 Å². The van der Waals surface area contributed by atoms with Crippen molar-refractivity contribution < 1.29 is 19.1 Å². The number of hydrogen-bond acceptors (Lipinski definition) is 5. The molecule has 0 aromatic carbocycles. The molecule has 0 spiro atoms. The maximum atomic E-state index is 12.3. The Kier molecular flexibility index (Phi) is 4.71. The van der Waals surface area contributed by atoms with Crippen LogP contribution in [0.2, 0.25) is 0 Å². The highest BCUT2D eigenvalue weighted by Crippen LogP contribution is 2.20. The van der Waals surface area contributed by atoms with E-state index in [1.807, 2.05) is 12.1 Å². The lowest BCUT2D eigenvalue weighted by molar-refractivity contribution is -0.134. The number of imide groups is 1. The number of aromatic nitrogens is 1. The Morgan fingerprint density at radius 2 is 2.08 bits per heavy atom. The molecule has 0 unspecified atom stereocenters. The van der Waals surface area contributed by atoms with Crippen molar-refractivity contribution in [3.63, 3.8) is 0 Å². The molecule has 3 heterocycles. The normalized spacial score (nSPS) is 25.1. The van der Waals surface area contributed by atoms with Crippen LogP contribution in [0.25, 0.3) is 0 Å². The van der Waals surface area contributed by atoms with Gasteiger partial charge in [-0.2, -0.15) is 0 Å². The number of hydrogen-bond donors (Lipinski definition) is 2. The van der Waals surface area contributed by atoms with Gasteiger partial charge in [-0.1, -0.05) is 0 Å². The molecule has 4 amide bonds. The van der Waals surface area contributed by atoms with E-state index in [1.165, 1.54) is 0 Å². The second kappa shape index (κ2) is 6.79. The fraction of sp³-hybridized carbons (Fsp3) is 0.529. The standard InChI is InChI=1S/C17H22N4O4/c1-17(2)15(23)21(16(24)20-17)8-14(22)19-13-10-25-9-12(13)7-11-3-5-18-6-4-11/h3-6,12-13H,7-10H2,1-2H3,(H,19,22)(H,20,24)/t12-,13+/m1/s1. The average Bonchev–Trinajstić information content (AvgIpc) is 3.06. The minimum Gasteiger partial charge on any atom is -0.379 e. The lowest BCUT2D eigenvalue weighted by Gasteiger charge is -2.21. The molecule has 0 radical (unpaired) electrons. The summed E-state index contributed by atoms with van der Waals surface area (Å²) in [6.45, 7) is 3.92. The molecule has 0 saturated carbocycles. The van der Waals surface area contributed by atoms with Gasteiger partial charge in [-0.05, 0) is 38.0 Å². The first kappa shape index (κ1) is 17.3. The third kappa shape index (κ3) is 3.79. The van der Waals surface area contributed by atoms with Crippen molar-refractivity contribution in [1.29, 1.82) is 0 Å². The first-order chi connectivity index (χ1) is 11.9. The molecule has 8 nitrogen and oxygen atoms in total. The van der Waals surface area contributed by atoms with Gasteiger partial charge in [-0.25, -0.2) is 4.79 Å². The predicted molar refractivity (Wildman–Crippen MR) is 88.5 cm³/mol. The van der Waals surface area contributed by atoms with Gasteiger partial charge in [0.05, 0.1) is 19.3 Å². The molecule has 2 N–H and O–H groups in total. The minimum atomic E-state index is -0.974. The van der Waals surface area contributed by atoms with Crippen molar-refractivity contribution in [1.82, 2.24) is 20.5 Å². The number of urea groups is 1. The average molecular weight is 346 g/mol. The summed E-state index contributed by atoms with van der Waals surface area (Å²) in [6.07, 6.45) is 4.24. The number of rotatable bonds is 5. The van der Waals surface area contributed by atoms with E-state index < -0.39 is 17.5 Å². The van der Waals surface area contributed by atoms with Crippen LogP contribution in [0.3, 0.4) is 0 Å². The Balaban J connectivity index is 1.57. The molecule has 2 aliphatic heterocycles. The van der Waals surface area contributed by atoms with Crippen molar-refractivity contribution >= 4 is 17.8 Å². The van der Waals surface area contributed by atoms with Gasteiger partial charge >= 0.3 is 6.03 Å². The van der Waals surface area contributed by atoms with Crippen LogP contribution >= 0.6 is 0 Å². The molecule has 1 aromatic rings. The van der Waals surface area contributed by atoms with E-state index in [0.717, 1.165) is 16.9 Å². The van der Waals surface area contributed by atoms with Crippen LogP contribution in [0.4, 0.5) is 4.79 Å². The summed E-state index contributed by atoms with van der Waals surface area (Å²) in [7, 11) is 0. The topological polar surface area (TPSA) is 101 Å². The molecule has 2 atom stereocenters. The van der Waals surface area contributed by atoms with Crippen molar-refractivity contribution in [2.24, 2.45) is 5.92 Å². The third-order valence-electron chi connectivity index (χ3n) is 4.54. The summed E-state index contributed by atoms with van der Waals surface area (Å²) in [4.78, 5) is 41.3. The lowest BCUT2D eigenvalue weighted by Crippen LogP contribution is -2.47. The van der Waals surface area contributed by atoms with Crippen LogP contribution in [0.1, 0.15) is 19.4 Å². The molecule has 0 aliphatic carbocycles. The second-order valence-electron chi connectivity index (χ2n) is 6.98. The number of amides is 4. The Labute approximate surface area is 145 Å². The molecule has 0 bridgehead atoms. The molecular formula is C17H22N4O4. The van der Waals surface area contributed by atoms with Crippen LogP contribution in [-0.2, 0) is 20.7 Å². The molecule has 25 heavy (non-hydrogen) atoms. The van der Waals surface area contributed by atoms with E-state index in [1.54, 1.807) is 26.2 Å². The molecule has 2 aliphatic rings. The zero-order valence-electron chi connectivity index (χ0n) is 14.3. The van der Waals surface area contributed by atoms with Crippen molar-refractivity contribution in [2.75, 3.05) is 19.8 Å². The Hall–Kier alpha value is -2.48. The summed E-state index contributed by atoms with van der Waals surface area (Å²) < 4.78 is 5.50. The summed E-state index contributed by atoms with van der Waals surface area (Å²) in [5, 5.41) is 5.45. The first-order valence-electron chi connectivity index (χ1n) is 8.27. The van der Waals surface area contributed by atoms with Gasteiger partial charge in [-0.15, -0.1) is 0 Å². The second-order valence-corrected chi connectivity index (χ2v) is 6.98. The van der Waals surface area contributed by atoms with Gasteiger partial charge in [-0.3, -0.25) is 19.5 Å². The van der Waals surface area contributed by atoms with Gasteiger partial charge in [0.1, 0.15) is 12.1 Å². The van der Waals surface area contributed by atoms with Gasteiger partial charge in [0.25, 0.3) is 5.91 Å². The Bertz CT molecular complexity index is 676. The number of nitrogens with one attached hydrogen (secondary N) is 2. The molecule has 134 valence electrons. The van der Waals surface area contributed by atoms with Crippen LogP contribution in [-0.4, -0.2) is 59.1 Å². The molecule has 3 rings (SSSR count). The number of pyridine rings is 1. The van der Waals surface area contributed by atoms with Crippen molar-refractivity contribution in [3.8, 4) is 0 Å². The molecule has 1 aromatic heterocycles. The summed E-state index contributed by atoms with van der Waals surface area (Å²) >= 11 is 0. The summed E-state index contributed by atoms with van der Waals surface area (Å²) in [5.41, 5.74) is 0.151. The van der Waals surface area contributed by atoms with Crippen LogP contribution < -0.4 is 10.6 Å². The fourth-order valence-electron chi connectivity index (χ4n) is 3.14. The maximum Gasteiger partial charge on any atom is 0.325 e. The highest BCUT2D eigenvalue weighted by molar-refractivity contribution is 6.08. The van der Waals surface area contributed by atoms with Crippen molar-refractivity contribution in [3.05, 3.63) is 30.1 Å².